The molecule has 0 saturated heterocycles. The van der Waals surface area contributed by atoms with E-state index in [1.807, 2.05) is 32.0 Å². The van der Waals surface area contributed by atoms with Gasteiger partial charge >= 0.3 is 0 Å². The lowest BCUT2D eigenvalue weighted by atomic mass is 10.2. The van der Waals surface area contributed by atoms with Crippen molar-refractivity contribution in [1.29, 1.82) is 0 Å². The van der Waals surface area contributed by atoms with Crippen molar-refractivity contribution < 1.29 is 14.3 Å². The summed E-state index contributed by atoms with van der Waals surface area (Å²) in [4.78, 5) is 12.4. The van der Waals surface area contributed by atoms with E-state index in [0.29, 0.717) is 38.9 Å². The van der Waals surface area contributed by atoms with E-state index >= 15 is 0 Å². The molecule has 1 aromatic carbocycles. The predicted molar refractivity (Wildman–Crippen MR) is 81.2 cm³/mol. The van der Waals surface area contributed by atoms with Crippen LogP contribution >= 0.6 is 8.58 Å². The Morgan fingerprint density at radius 1 is 1.11 bits per heavy atom. The highest BCUT2D eigenvalue weighted by Gasteiger charge is 2.18. The van der Waals surface area contributed by atoms with Crippen LogP contribution in [0.25, 0.3) is 0 Å². The van der Waals surface area contributed by atoms with Crippen LogP contribution in [0, 0.1) is 0 Å². The van der Waals surface area contributed by atoms with Gasteiger partial charge in [0.05, 0.1) is 13.2 Å². The van der Waals surface area contributed by atoms with Crippen LogP contribution in [0.3, 0.4) is 0 Å². The van der Waals surface area contributed by atoms with Gasteiger partial charge < -0.3 is 9.47 Å². The molecule has 0 amide bonds. The zero-order valence-electron chi connectivity index (χ0n) is 12.0. The highest BCUT2D eigenvalue weighted by molar-refractivity contribution is 7.58. The first-order valence-electron chi connectivity index (χ1n) is 6.91. The van der Waals surface area contributed by atoms with Gasteiger partial charge in [-0.25, -0.2) is 0 Å². The molecule has 0 spiro atoms. The molecule has 0 bridgehead atoms. The third-order valence-corrected chi connectivity index (χ3v) is 3.81. The molecule has 1 rings (SSSR count). The predicted octanol–water partition coefficient (Wildman–Crippen LogP) is 4.10. The van der Waals surface area contributed by atoms with Crippen molar-refractivity contribution in [2.45, 2.75) is 33.6 Å². The summed E-state index contributed by atoms with van der Waals surface area (Å²) < 4.78 is 11.1. The standard InChI is InChI=1S/C15H23O3P/c1-4-7-11-19-15(16)14-12(17-5-2)9-8-10-13(14)18-6-3/h8-10,19H,4-7,11H2,1-3H3. The summed E-state index contributed by atoms with van der Waals surface area (Å²) in [6, 6.07) is 5.54. The van der Waals surface area contributed by atoms with Crippen molar-refractivity contribution >= 4 is 14.1 Å². The SMILES string of the molecule is CCCCPC(=O)c1c(OCC)cccc1OCC. The van der Waals surface area contributed by atoms with E-state index in [1.54, 1.807) is 0 Å². The number of hydrogen-bond acceptors (Lipinski definition) is 3. The molecule has 0 aromatic heterocycles. The molecule has 0 N–H and O–H groups in total. The third kappa shape index (κ3) is 4.83. The van der Waals surface area contributed by atoms with Gasteiger partial charge in [0.2, 0.25) is 0 Å². The minimum atomic E-state index is 0.140. The van der Waals surface area contributed by atoms with Gasteiger partial charge in [-0.15, -0.1) is 0 Å². The number of rotatable bonds is 9. The second kappa shape index (κ2) is 8.92. The monoisotopic (exact) mass is 282 g/mol. The molecule has 1 unspecified atom stereocenters. The lowest BCUT2D eigenvalue weighted by Gasteiger charge is -2.14. The molecule has 1 aromatic rings. The Morgan fingerprint density at radius 3 is 2.16 bits per heavy atom. The van der Waals surface area contributed by atoms with Crippen molar-refractivity contribution in [1.82, 2.24) is 0 Å². The van der Waals surface area contributed by atoms with Crippen LogP contribution in [-0.4, -0.2) is 24.9 Å². The van der Waals surface area contributed by atoms with Crippen LogP contribution in [-0.2, 0) is 0 Å². The maximum absolute atomic E-state index is 12.4. The van der Waals surface area contributed by atoms with E-state index in [4.69, 9.17) is 9.47 Å². The van der Waals surface area contributed by atoms with E-state index < -0.39 is 0 Å². The van der Waals surface area contributed by atoms with Crippen LogP contribution in [0.1, 0.15) is 44.0 Å². The Balaban J connectivity index is 2.95. The fraction of sp³-hybridized carbons (Fsp3) is 0.533. The Labute approximate surface area is 117 Å². The Hall–Kier alpha value is -1.08. The molecule has 0 heterocycles. The number of carbonyl (C=O) groups excluding carboxylic acids is 1. The molecule has 4 heteroatoms. The fourth-order valence-electron chi connectivity index (χ4n) is 1.75. The van der Waals surface area contributed by atoms with E-state index in [-0.39, 0.29) is 5.52 Å². The molecule has 0 fully saturated rings. The molecule has 1 atom stereocenters. The summed E-state index contributed by atoms with van der Waals surface area (Å²) >= 11 is 0. The third-order valence-electron chi connectivity index (χ3n) is 2.63. The molecule has 0 aliphatic rings. The minimum Gasteiger partial charge on any atom is -0.493 e. The van der Waals surface area contributed by atoms with E-state index in [0.717, 1.165) is 19.0 Å². The van der Waals surface area contributed by atoms with Crippen LogP contribution < -0.4 is 9.47 Å². The van der Waals surface area contributed by atoms with Crippen molar-refractivity contribution in [3.63, 3.8) is 0 Å². The lowest BCUT2D eigenvalue weighted by molar-refractivity contribution is 0.107. The van der Waals surface area contributed by atoms with Gasteiger partial charge in [0.25, 0.3) is 0 Å². The first-order chi connectivity index (χ1) is 9.24. The van der Waals surface area contributed by atoms with Crippen LogP contribution in [0.4, 0.5) is 0 Å². The first-order valence-corrected chi connectivity index (χ1v) is 8.12. The maximum atomic E-state index is 12.4. The molecular weight excluding hydrogens is 259 g/mol. The summed E-state index contributed by atoms with van der Waals surface area (Å²) in [7, 11) is 0.293. The molecule has 0 radical (unpaired) electrons. The second-order valence-corrected chi connectivity index (χ2v) is 5.41. The van der Waals surface area contributed by atoms with Gasteiger partial charge in [0.1, 0.15) is 17.1 Å². The summed E-state index contributed by atoms with van der Waals surface area (Å²) in [6.07, 6.45) is 3.15. The average Bonchev–Trinajstić information content (AvgIpc) is 2.40. The minimum absolute atomic E-state index is 0.140. The average molecular weight is 282 g/mol. The molecule has 3 nitrogen and oxygen atoms in total. The van der Waals surface area contributed by atoms with Crippen LogP contribution in [0.2, 0.25) is 0 Å². The van der Waals surface area contributed by atoms with Crippen molar-refractivity contribution in [2.24, 2.45) is 0 Å². The quantitative estimate of drug-likeness (QED) is 0.505. The molecule has 0 aliphatic heterocycles. The molecule has 19 heavy (non-hydrogen) atoms. The molecule has 106 valence electrons. The van der Waals surface area contributed by atoms with Gasteiger partial charge in [-0.05, 0) is 47.1 Å². The second-order valence-electron chi connectivity index (χ2n) is 4.10. The summed E-state index contributed by atoms with van der Waals surface area (Å²) in [5.74, 6) is 1.28. The van der Waals surface area contributed by atoms with Crippen molar-refractivity contribution in [3.8, 4) is 11.5 Å². The van der Waals surface area contributed by atoms with E-state index in [2.05, 4.69) is 6.92 Å². The number of ether oxygens (including phenoxy) is 2. The smallest absolute Gasteiger partial charge is 0.188 e. The van der Waals surface area contributed by atoms with Gasteiger partial charge in [0.15, 0.2) is 5.52 Å². The number of carbonyl (C=O) groups is 1. The van der Waals surface area contributed by atoms with E-state index in [1.165, 1.54) is 0 Å². The summed E-state index contributed by atoms with van der Waals surface area (Å²) in [5, 5.41) is 0. The maximum Gasteiger partial charge on any atom is 0.188 e. The number of benzene rings is 1. The highest BCUT2D eigenvalue weighted by Crippen LogP contribution is 2.34. The van der Waals surface area contributed by atoms with Crippen LogP contribution in [0.5, 0.6) is 11.5 Å². The van der Waals surface area contributed by atoms with Gasteiger partial charge in [-0.3, -0.25) is 4.79 Å². The molecule has 0 saturated carbocycles. The summed E-state index contributed by atoms with van der Waals surface area (Å²) in [5.41, 5.74) is 0.751. The van der Waals surface area contributed by atoms with E-state index in [9.17, 15) is 4.79 Å². The van der Waals surface area contributed by atoms with Gasteiger partial charge in [-0.1, -0.05) is 19.4 Å². The number of hydrogen-bond donors (Lipinski definition) is 0. The first kappa shape index (κ1) is 16.0. The van der Waals surface area contributed by atoms with Crippen molar-refractivity contribution in [3.05, 3.63) is 23.8 Å². The van der Waals surface area contributed by atoms with Crippen molar-refractivity contribution in [2.75, 3.05) is 19.4 Å². The Morgan fingerprint density at radius 2 is 1.68 bits per heavy atom. The Kier molecular flexibility index (Phi) is 7.50. The van der Waals surface area contributed by atoms with Gasteiger partial charge in [-0.2, -0.15) is 0 Å². The molecular formula is C15H23O3P. The Bertz CT molecular complexity index is 380. The van der Waals surface area contributed by atoms with Gasteiger partial charge in [0, 0.05) is 0 Å². The fourth-order valence-corrected chi connectivity index (χ4v) is 2.93. The topological polar surface area (TPSA) is 35.5 Å². The zero-order chi connectivity index (χ0) is 14.1. The summed E-state index contributed by atoms with van der Waals surface area (Å²) in [6.45, 7) is 7.07. The lowest BCUT2D eigenvalue weighted by Crippen LogP contribution is -2.05. The molecule has 0 aliphatic carbocycles. The number of unbranched alkanes of at least 4 members (excludes halogenated alkanes) is 1. The normalized spacial score (nSPS) is 10.9. The zero-order valence-corrected chi connectivity index (χ0v) is 13.0. The highest BCUT2D eigenvalue weighted by atomic mass is 31.1. The van der Waals surface area contributed by atoms with Crippen LogP contribution in [0.15, 0.2) is 18.2 Å². The largest absolute Gasteiger partial charge is 0.493 e.